The van der Waals surface area contributed by atoms with Crippen molar-refractivity contribution in [1.29, 1.82) is 0 Å². The fourth-order valence-corrected chi connectivity index (χ4v) is 6.25. The van der Waals surface area contributed by atoms with E-state index in [1.54, 1.807) is 42.0 Å². The highest BCUT2D eigenvalue weighted by Gasteiger charge is 2.19. The van der Waals surface area contributed by atoms with Gasteiger partial charge >= 0.3 is 0 Å². The van der Waals surface area contributed by atoms with Gasteiger partial charge in [-0.15, -0.1) is 11.3 Å². The molecular formula is C25H25ClN6O3S2. The minimum Gasteiger partial charge on any atom is -0.437 e. The summed E-state index contributed by atoms with van der Waals surface area (Å²) in [6.45, 7) is 3.75. The first-order valence-electron chi connectivity index (χ1n) is 11.7. The van der Waals surface area contributed by atoms with Gasteiger partial charge in [-0.1, -0.05) is 23.7 Å². The van der Waals surface area contributed by atoms with Crippen molar-refractivity contribution in [3.8, 4) is 22.2 Å². The van der Waals surface area contributed by atoms with Gasteiger partial charge in [0.15, 0.2) is 0 Å². The fraction of sp³-hybridized carbons (Fsp3) is 0.240. The second kappa shape index (κ2) is 11.0. The van der Waals surface area contributed by atoms with Crippen LogP contribution in [0.1, 0.15) is 18.4 Å². The van der Waals surface area contributed by atoms with Crippen molar-refractivity contribution in [3.63, 3.8) is 0 Å². The van der Waals surface area contributed by atoms with Crippen LogP contribution in [0.15, 0.2) is 65.1 Å². The molecule has 5 rings (SSSR count). The molecule has 1 atom stereocenters. The van der Waals surface area contributed by atoms with Crippen molar-refractivity contribution < 1.29 is 13.2 Å². The third kappa shape index (κ3) is 6.02. The minimum absolute atomic E-state index is 0.0141. The van der Waals surface area contributed by atoms with Crippen LogP contribution < -0.4 is 20.1 Å². The lowest BCUT2D eigenvalue weighted by Crippen LogP contribution is -2.38. The predicted molar refractivity (Wildman–Crippen MR) is 146 cm³/mol. The number of benzene rings is 2. The van der Waals surface area contributed by atoms with E-state index in [0.717, 1.165) is 36.4 Å². The van der Waals surface area contributed by atoms with Gasteiger partial charge in [-0.25, -0.2) is 23.4 Å². The summed E-state index contributed by atoms with van der Waals surface area (Å²) in [5.41, 5.74) is 3.53. The fourth-order valence-electron chi connectivity index (χ4n) is 4.00. The highest BCUT2D eigenvalue weighted by molar-refractivity contribution is 7.92. The van der Waals surface area contributed by atoms with Gasteiger partial charge in [0, 0.05) is 24.5 Å². The summed E-state index contributed by atoms with van der Waals surface area (Å²) in [6, 6.07) is 13.4. The predicted octanol–water partition coefficient (Wildman–Crippen LogP) is 5.32. The Morgan fingerprint density at radius 3 is 2.81 bits per heavy atom. The van der Waals surface area contributed by atoms with Crippen molar-refractivity contribution >= 4 is 44.6 Å². The first-order valence-corrected chi connectivity index (χ1v) is 14.4. The van der Waals surface area contributed by atoms with Gasteiger partial charge in [0.1, 0.15) is 15.5 Å². The Hall–Kier alpha value is -3.25. The average Bonchev–Trinajstić information content (AvgIpc) is 3.35. The molecule has 3 N–H and O–H groups in total. The summed E-state index contributed by atoms with van der Waals surface area (Å²) in [5, 5.41) is 6.93. The number of rotatable bonds is 8. The van der Waals surface area contributed by atoms with E-state index in [-0.39, 0.29) is 16.0 Å². The summed E-state index contributed by atoms with van der Waals surface area (Å²) < 4.78 is 34.2. The zero-order valence-corrected chi connectivity index (χ0v) is 22.3. The highest BCUT2D eigenvalue weighted by Crippen LogP contribution is 2.37. The average molecular weight is 557 g/mol. The minimum atomic E-state index is -3.84. The number of nitrogens with zero attached hydrogens (tertiary/aromatic N) is 3. The molecule has 2 aromatic heterocycles. The maximum Gasteiger partial charge on any atom is 0.263 e. The summed E-state index contributed by atoms with van der Waals surface area (Å²) in [7, 11) is -3.84. The van der Waals surface area contributed by atoms with E-state index in [0.29, 0.717) is 29.0 Å². The van der Waals surface area contributed by atoms with E-state index in [4.69, 9.17) is 16.3 Å². The molecule has 37 heavy (non-hydrogen) atoms. The van der Waals surface area contributed by atoms with Crippen molar-refractivity contribution in [2.24, 2.45) is 0 Å². The van der Waals surface area contributed by atoms with Crippen molar-refractivity contribution in [2.45, 2.75) is 30.7 Å². The smallest absolute Gasteiger partial charge is 0.263 e. The van der Waals surface area contributed by atoms with Crippen LogP contribution in [0, 0.1) is 6.92 Å². The number of nitrogens with one attached hydrogen (secondary N) is 3. The van der Waals surface area contributed by atoms with Gasteiger partial charge in [-0.2, -0.15) is 0 Å². The van der Waals surface area contributed by atoms with E-state index in [1.807, 2.05) is 13.0 Å². The Labute approximate surface area is 224 Å². The molecule has 12 heteroatoms. The second-order valence-corrected chi connectivity index (χ2v) is 11.5. The zero-order chi connectivity index (χ0) is 25.8. The Kier molecular flexibility index (Phi) is 7.56. The quantitative estimate of drug-likeness (QED) is 0.267. The number of aromatic nitrogens is 3. The molecule has 0 aliphatic carbocycles. The van der Waals surface area contributed by atoms with E-state index < -0.39 is 10.0 Å². The van der Waals surface area contributed by atoms with E-state index in [2.05, 4.69) is 30.3 Å². The second-order valence-electron chi connectivity index (χ2n) is 8.56. The third-order valence-corrected chi connectivity index (χ3v) is 8.52. The number of aryl methyl sites for hydroxylation is 1. The summed E-state index contributed by atoms with van der Waals surface area (Å²) in [5.74, 6) is 1.53. The van der Waals surface area contributed by atoms with Crippen molar-refractivity contribution in [3.05, 3.63) is 70.8 Å². The molecular weight excluding hydrogens is 532 g/mol. The maximum absolute atomic E-state index is 12.8. The van der Waals surface area contributed by atoms with E-state index >= 15 is 0 Å². The van der Waals surface area contributed by atoms with Crippen LogP contribution in [0.25, 0.3) is 10.6 Å². The molecule has 3 heterocycles. The Morgan fingerprint density at radius 2 is 2.03 bits per heavy atom. The molecule has 192 valence electrons. The standard InChI is InChI=1S/C25H25ClN6O3S2/c1-16-13-17(32-37(33,34)22-7-3-2-6-19(22)26)8-9-21(16)35-24-23(36-15-29-24)20-10-12-28-25(31-20)30-18-5-4-11-27-14-18/h2-3,6-10,12-13,15,18,27,32H,4-5,11,14H2,1H3,(H,28,30,31)/t18-/m0/s1. The van der Waals surface area contributed by atoms with Crippen LogP contribution in [-0.4, -0.2) is 42.5 Å². The monoisotopic (exact) mass is 556 g/mol. The topological polar surface area (TPSA) is 118 Å². The number of anilines is 2. The van der Waals surface area contributed by atoms with Gasteiger partial charge in [0.05, 0.1) is 16.2 Å². The molecule has 0 bridgehead atoms. The lowest BCUT2D eigenvalue weighted by molar-refractivity contribution is 0.464. The number of thiazole rings is 1. The number of sulfonamides is 1. The molecule has 4 aromatic rings. The maximum atomic E-state index is 12.8. The van der Waals surface area contributed by atoms with Crippen LogP contribution in [-0.2, 0) is 10.0 Å². The summed E-state index contributed by atoms with van der Waals surface area (Å²) >= 11 is 7.50. The summed E-state index contributed by atoms with van der Waals surface area (Å²) in [6.07, 6.45) is 3.90. The van der Waals surface area contributed by atoms with Gasteiger partial charge in [-0.05, 0) is 68.3 Å². The largest absolute Gasteiger partial charge is 0.437 e. The lowest BCUT2D eigenvalue weighted by atomic mass is 10.1. The van der Waals surface area contributed by atoms with Crippen LogP contribution in [0.2, 0.25) is 5.02 Å². The van der Waals surface area contributed by atoms with Crippen LogP contribution in [0.3, 0.4) is 0 Å². The number of halogens is 1. The Bertz CT molecular complexity index is 1510. The molecule has 1 saturated heterocycles. The number of ether oxygens (including phenoxy) is 1. The van der Waals surface area contributed by atoms with Gasteiger partial charge in [0.25, 0.3) is 10.0 Å². The first kappa shape index (κ1) is 25.4. The molecule has 1 aliphatic heterocycles. The van der Waals surface area contributed by atoms with Gasteiger partial charge < -0.3 is 15.4 Å². The van der Waals surface area contributed by atoms with E-state index in [1.165, 1.54) is 23.5 Å². The Balaban J connectivity index is 1.32. The SMILES string of the molecule is Cc1cc(NS(=O)(=O)c2ccccc2Cl)ccc1Oc1ncsc1-c1ccnc(N[C@H]2CCCNC2)n1. The van der Waals surface area contributed by atoms with Crippen LogP contribution >= 0.6 is 22.9 Å². The Morgan fingerprint density at radius 1 is 1.16 bits per heavy atom. The van der Waals surface area contributed by atoms with E-state index in [9.17, 15) is 8.42 Å². The molecule has 2 aromatic carbocycles. The van der Waals surface area contributed by atoms with Gasteiger partial charge in [0.2, 0.25) is 11.8 Å². The first-order chi connectivity index (χ1) is 17.9. The van der Waals surface area contributed by atoms with Gasteiger partial charge in [-0.3, -0.25) is 4.72 Å². The highest BCUT2D eigenvalue weighted by atomic mass is 35.5. The normalized spacial score (nSPS) is 15.8. The number of hydrogen-bond acceptors (Lipinski definition) is 9. The number of piperidine rings is 1. The number of hydrogen-bond donors (Lipinski definition) is 3. The molecule has 0 spiro atoms. The van der Waals surface area contributed by atoms with Crippen molar-refractivity contribution in [1.82, 2.24) is 20.3 Å². The molecule has 9 nitrogen and oxygen atoms in total. The molecule has 0 unspecified atom stereocenters. The lowest BCUT2D eigenvalue weighted by Gasteiger charge is -2.23. The van der Waals surface area contributed by atoms with Crippen LogP contribution in [0.5, 0.6) is 11.6 Å². The molecule has 0 radical (unpaired) electrons. The molecule has 0 amide bonds. The van der Waals surface area contributed by atoms with Crippen LogP contribution in [0.4, 0.5) is 11.6 Å². The van der Waals surface area contributed by atoms with Crippen molar-refractivity contribution in [2.75, 3.05) is 23.1 Å². The third-order valence-electron chi connectivity index (χ3n) is 5.81. The molecule has 1 fully saturated rings. The summed E-state index contributed by atoms with van der Waals surface area (Å²) in [4.78, 5) is 14.2. The molecule has 0 saturated carbocycles. The molecule has 1 aliphatic rings. The zero-order valence-electron chi connectivity index (χ0n) is 19.9.